The molecule has 2 aromatic rings. The van der Waals surface area contributed by atoms with Crippen LogP contribution >= 0.6 is 0 Å². The maximum absolute atomic E-state index is 5.87. The van der Waals surface area contributed by atoms with Gasteiger partial charge in [-0.15, -0.1) is 0 Å². The molecular formula is C15H19NO2. The zero-order valence-electron chi connectivity index (χ0n) is 11.1. The van der Waals surface area contributed by atoms with E-state index in [-0.39, 0.29) is 6.04 Å². The monoisotopic (exact) mass is 245 g/mol. The van der Waals surface area contributed by atoms with E-state index in [0.29, 0.717) is 0 Å². The fourth-order valence-electron chi connectivity index (χ4n) is 2.27. The molecule has 3 nitrogen and oxygen atoms in total. The Morgan fingerprint density at radius 3 is 2.44 bits per heavy atom. The maximum atomic E-state index is 5.87. The quantitative estimate of drug-likeness (QED) is 0.900. The average Bonchev–Trinajstić information content (AvgIpc) is 2.37. The van der Waals surface area contributed by atoms with Gasteiger partial charge in [-0.2, -0.15) is 0 Å². The summed E-state index contributed by atoms with van der Waals surface area (Å²) in [6, 6.07) is 10.2. The van der Waals surface area contributed by atoms with E-state index in [0.717, 1.165) is 34.3 Å². The van der Waals surface area contributed by atoms with E-state index in [9.17, 15) is 0 Å². The fourth-order valence-corrected chi connectivity index (χ4v) is 2.27. The van der Waals surface area contributed by atoms with E-state index in [2.05, 4.69) is 12.1 Å². The Labute approximate surface area is 108 Å². The topological polar surface area (TPSA) is 44.5 Å². The zero-order chi connectivity index (χ0) is 13.1. The first-order valence-electron chi connectivity index (χ1n) is 6.05. The second kappa shape index (κ2) is 5.27. The van der Waals surface area contributed by atoms with Gasteiger partial charge in [0.25, 0.3) is 0 Å². The molecule has 0 amide bonds. The molecule has 0 spiro atoms. The van der Waals surface area contributed by atoms with Gasteiger partial charge in [0, 0.05) is 16.8 Å². The summed E-state index contributed by atoms with van der Waals surface area (Å²) in [6.07, 6.45) is 0.802. The Morgan fingerprint density at radius 1 is 1.06 bits per heavy atom. The molecule has 0 bridgehead atoms. The number of fused-ring (bicyclic) bond motifs is 1. The zero-order valence-corrected chi connectivity index (χ0v) is 11.1. The third kappa shape index (κ3) is 2.27. The van der Waals surface area contributed by atoms with Crippen LogP contribution in [-0.2, 0) is 6.42 Å². The summed E-state index contributed by atoms with van der Waals surface area (Å²) in [7, 11) is 3.37. The highest BCUT2D eigenvalue weighted by Crippen LogP contribution is 2.35. The molecule has 0 aliphatic carbocycles. The molecular weight excluding hydrogens is 226 g/mol. The Bertz CT molecular complexity index is 549. The van der Waals surface area contributed by atoms with Gasteiger partial charge in [-0.05, 0) is 25.0 Å². The molecule has 0 aliphatic heterocycles. The van der Waals surface area contributed by atoms with E-state index in [4.69, 9.17) is 15.2 Å². The minimum absolute atomic E-state index is 0.113. The molecule has 2 aromatic carbocycles. The smallest absolute Gasteiger partial charge is 0.130 e. The summed E-state index contributed by atoms with van der Waals surface area (Å²) < 4.78 is 10.9. The van der Waals surface area contributed by atoms with Crippen LogP contribution in [0.2, 0.25) is 0 Å². The van der Waals surface area contributed by atoms with Crippen molar-refractivity contribution in [3.8, 4) is 11.5 Å². The lowest BCUT2D eigenvalue weighted by molar-refractivity contribution is 0.411. The molecule has 0 aliphatic rings. The standard InChI is InChI=1S/C15H19NO2/c1-10(16)9-11-7-8-12-13(15(11)18-3)5-4-6-14(12)17-2/h4-8,10H,9,16H2,1-3H3. The molecule has 0 heterocycles. The Balaban J connectivity index is 2.64. The first-order valence-corrected chi connectivity index (χ1v) is 6.05. The molecule has 0 saturated heterocycles. The third-order valence-corrected chi connectivity index (χ3v) is 3.02. The highest BCUT2D eigenvalue weighted by atomic mass is 16.5. The molecule has 0 saturated carbocycles. The average molecular weight is 245 g/mol. The minimum atomic E-state index is 0.113. The van der Waals surface area contributed by atoms with Crippen molar-refractivity contribution >= 4 is 10.8 Å². The van der Waals surface area contributed by atoms with Crippen LogP contribution in [0.1, 0.15) is 12.5 Å². The molecule has 0 fully saturated rings. The van der Waals surface area contributed by atoms with Gasteiger partial charge in [0.1, 0.15) is 11.5 Å². The van der Waals surface area contributed by atoms with Gasteiger partial charge in [0.2, 0.25) is 0 Å². The van der Waals surface area contributed by atoms with Crippen molar-refractivity contribution in [1.82, 2.24) is 0 Å². The van der Waals surface area contributed by atoms with Crippen molar-refractivity contribution in [2.45, 2.75) is 19.4 Å². The third-order valence-electron chi connectivity index (χ3n) is 3.02. The summed E-state index contributed by atoms with van der Waals surface area (Å²) in [6.45, 7) is 2.00. The maximum Gasteiger partial charge on any atom is 0.130 e. The van der Waals surface area contributed by atoms with Crippen LogP contribution in [-0.4, -0.2) is 20.3 Å². The van der Waals surface area contributed by atoms with Crippen molar-refractivity contribution < 1.29 is 9.47 Å². The van der Waals surface area contributed by atoms with Gasteiger partial charge in [-0.25, -0.2) is 0 Å². The second-order valence-corrected chi connectivity index (χ2v) is 4.49. The molecule has 2 N–H and O–H groups in total. The van der Waals surface area contributed by atoms with Gasteiger partial charge in [-0.3, -0.25) is 0 Å². The normalized spacial score (nSPS) is 12.4. The molecule has 1 unspecified atom stereocenters. The largest absolute Gasteiger partial charge is 0.496 e. The van der Waals surface area contributed by atoms with Crippen molar-refractivity contribution in [2.75, 3.05) is 14.2 Å². The number of benzene rings is 2. The first-order chi connectivity index (χ1) is 8.67. The lowest BCUT2D eigenvalue weighted by atomic mass is 10.0. The molecule has 3 heteroatoms. The highest BCUT2D eigenvalue weighted by molar-refractivity contribution is 5.94. The Morgan fingerprint density at radius 2 is 1.83 bits per heavy atom. The summed E-state index contributed by atoms with van der Waals surface area (Å²) in [5.41, 5.74) is 7.00. The molecule has 0 aromatic heterocycles. The lowest BCUT2D eigenvalue weighted by Crippen LogP contribution is -2.18. The Hall–Kier alpha value is -1.74. The van der Waals surface area contributed by atoms with Gasteiger partial charge < -0.3 is 15.2 Å². The summed E-state index contributed by atoms with van der Waals surface area (Å²) >= 11 is 0. The summed E-state index contributed by atoms with van der Waals surface area (Å²) in [5.74, 6) is 1.75. The van der Waals surface area contributed by atoms with Crippen LogP contribution in [0.5, 0.6) is 11.5 Å². The SMILES string of the molecule is COc1cccc2c(OC)c(CC(C)N)ccc12. The second-order valence-electron chi connectivity index (χ2n) is 4.49. The predicted molar refractivity (Wildman–Crippen MR) is 74.4 cm³/mol. The van der Waals surface area contributed by atoms with Crippen molar-refractivity contribution in [1.29, 1.82) is 0 Å². The van der Waals surface area contributed by atoms with Gasteiger partial charge >= 0.3 is 0 Å². The van der Waals surface area contributed by atoms with Crippen LogP contribution in [0.3, 0.4) is 0 Å². The van der Waals surface area contributed by atoms with Gasteiger partial charge in [0.05, 0.1) is 14.2 Å². The number of ether oxygens (including phenoxy) is 2. The van der Waals surface area contributed by atoms with Crippen LogP contribution < -0.4 is 15.2 Å². The van der Waals surface area contributed by atoms with Crippen LogP contribution in [0.4, 0.5) is 0 Å². The van der Waals surface area contributed by atoms with E-state index in [1.54, 1.807) is 14.2 Å². The fraction of sp³-hybridized carbons (Fsp3) is 0.333. The van der Waals surface area contributed by atoms with E-state index >= 15 is 0 Å². The van der Waals surface area contributed by atoms with E-state index in [1.807, 2.05) is 25.1 Å². The van der Waals surface area contributed by atoms with Gasteiger partial charge in [0.15, 0.2) is 0 Å². The number of hydrogen-bond donors (Lipinski definition) is 1. The molecule has 1 atom stereocenters. The van der Waals surface area contributed by atoms with Crippen molar-refractivity contribution in [3.63, 3.8) is 0 Å². The van der Waals surface area contributed by atoms with Crippen LogP contribution in [0.25, 0.3) is 10.8 Å². The molecule has 96 valence electrons. The van der Waals surface area contributed by atoms with Crippen LogP contribution in [0, 0.1) is 0 Å². The van der Waals surface area contributed by atoms with Crippen LogP contribution in [0.15, 0.2) is 30.3 Å². The summed E-state index contributed by atoms with van der Waals surface area (Å²) in [5, 5.41) is 2.13. The lowest BCUT2D eigenvalue weighted by Gasteiger charge is -2.14. The number of hydrogen-bond acceptors (Lipinski definition) is 3. The predicted octanol–water partition coefficient (Wildman–Crippen LogP) is 2.75. The van der Waals surface area contributed by atoms with Crippen molar-refractivity contribution in [2.24, 2.45) is 5.73 Å². The molecule has 18 heavy (non-hydrogen) atoms. The van der Waals surface area contributed by atoms with E-state index < -0.39 is 0 Å². The highest BCUT2D eigenvalue weighted by Gasteiger charge is 2.11. The minimum Gasteiger partial charge on any atom is -0.496 e. The number of methoxy groups -OCH3 is 2. The number of rotatable bonds is 4. The van der Waals surface area contributed by atoms with Crippen molar-refractivity contribution in [3.05, 3.63) is 35.9 Å². The molecule has 2 rings (SSSR count). The molecule has 0 radical (unpaired) electrons. The summed E-state index contributed by atoms with van der Waals surface area (Å²) in [4.78, 5) is 0. The van der Waals surface area contributed by atoms with Gasteiger partial charge in [-0.1, -0.05) is 24.3 Å². The first kappa shape index (κ1) is 12.7. The van der Waals surface area contributed by atoms with E-state index in [1.165, 1.54) is 0 Å². The Kier molecular flexibility index (Phi) is 3.72. The number of nitrogens with two attached hydrogens (primary N) is 1.